The fourth-order valence-electron chi connectivity index (χ4n) is 7.24. The number of aliphatic imine (C=N–C) groups is 1. The summed E-state index contributed by atoms with van der Waals surface area (Å²) in [5.41, 5.74) is 10.4. The Morgan fingerprint density at radius 2 is 1.31 bits per heavy atom. The summed E-state index contributed by atoms with van der Waals surface area (Å²) in [5, 5.41) is 14.0. The molecule has 4 heteroatoms. The van der Waals surface area contributed by atoms with Crippen LogP contribution in [0.5, 0.6) is 0 Å². The SMILES string of the molecule is CC1(C)c2cc(-c3ccc4sc5ccccc5c4c3)ccc2-c2cc3c(cc21)c1ccccc1n3C(=N)/N=C/c1ccccc1. The van der Waals surface area contributed by atoms with Gasteiger partial charge in [0.1, 0.15) is 0 Å². The number of fused-ring (bicyclic) bond motifs is 9. The van der Waals surface area contributed by atoms with Gasteiger partial charge in [-0.3, -0.25) is 9.98 Å². The van der Waals surface area contributed by atoms with E-state index in [9.17, 15) is 0 Å². The van der Waals surface area contributed by atoms with Crippen molar-refractivity contribution >= 4 is 65.5 Å². The summed E-state index contributed by atoms with van der Waals surface area (Å²) in [4.78, 5) is 4.61. The van der Waals surface area contributed by atoms with Crippen LogP contribution in [0.3, 0.4) is 0 Å². The van der Waals surface area contributed by atoms with Gasteiger partial charge in [-0.25, -0.2) is 4.99 Å². The second-order valence-corrected chi connectivity index (χ2v) is 13.5. The summed E-state index contributed by atoms with van der Waals surface area (Å²) in [6, 6.07) is 45.5. The molecule has 0 amide bonds. The third kappa shape index (κ3) is 3.89. The topological polar surface area (TPSA) is 41.1 Å². The Hall–Kier alpha value is -5.32. The fraction of sp³-hybridized carbons (Fsp3) is 0.0732. The molecule has 1 aliphatic rings. The molecule has 2 heterocycles. The fourth-order valence-corrected chi connectivity index (χ4v) is 8.33. The van der Waals surface area contributed by atoms with Crippen LogP contribution in [-0.2, 0) is 5.41 Å². The maximum atomic E-state index is 9.06. The van der Waals surface area contributed by atoms with Crippen molar-refractivity contribution in [3.63, 3.8) is 0 Å². The van der Waals surface area contributed by atoms with E-state index in [1.165, 1.54) is 53.6 Å². The first-order valence-electron chi connectivity index (χ1n) is 15.3. The number of nitrogens with zero attached hydrogens (tertiary/aromatic N) is 2. The lowest BCUT2D eigenvalue weighted by Gasteiger charge is -2.22. The molecule has 45 heavy (non-hydrogen) atoms. The smallest absolute Gasteiger partial charge is 0.227 e. The van der Waals surface area contributed by atoms with Gasteiger partial charge in [0.15, 0.2) is 0 Å². The minimum atomic E-state index is -0.170. The third-order valence-electron chi connectivity index (χ3n) is 9.53. The number of nitrogens with one attached hydrogen (secondary N) is 1. The largest absolute Gasteiger partial charge is 0.278 e. The van der Waals surface area contributed by atoms with Crippen LogP contribution in [0.1, 0.15) is 30.5 Å². The zero-order chi connectivity index (χ0) is 30.3. The highest BCUT2D eigenvalue weighted by atomic mass is 32.1. The molecule has 8 aromatic rings. The Morgan fingerprint density at radius 1 is 0.622 bits per heavy atom. The molecule has 0 bridgehead atoms. The second kappa shape index (κ2) is 9.59. The van der Waals surface area contributed by atoms with Crippen molar-refractivity contribution in [1.29, 1.82) is 5.41 Å². The molecule has 0 unspecified atom stereocenters. The van der Waals surface area contributed by atoms with Crippen molar-refractivity contribution in [3.05, 3.63) is 144 Å². The monoisotopic (exact) mass is 595 g/mol. The minimum Gasteiger partial charge on any atom is -0.278 e. The molecule has 0 atom stereocenters. The van der Waals surface area contributed by atoms with E-state index in [2.05, 4.69) is 110 Å². The molecule has 214 valence electrons. The van der Waals surface area contributed by atoms with Crippen LogP contribution < -0.4 is 0 Å². The van der Waals surface area contributed by atoms with E-state index in [-0.39, 0.29) is 11.4 Å². The molecule has 1 N–H and O–H groups in total. The van der Waals surface area contributed by atoms with Crippen molar-refractivity contribution in [2.24, 2.45) is 4.99 Å². The number of hydrogen-bond acceptors (Lipinski definition) is 2. The molecule has 0 saturated heterocycles. The lowest BCUT2D eigenvalue weighted by Crippen LogP contribution is -2.15. The Balaban J connectivity index is 1.20. The predicted molar refractivity (Wildman–Crippen MR) is 192 cm³/mol. The maximum absolute atomic E-state index is 9.06. The van der Waals surface area contributed by atoms with Crippen molar-refractivity contribution in [1.82, 2.24) is 4.57 Å². The predicted octanol–water partition coefficient (Wildman–Crippen LogP) is 11.0. The zero-order valence-corrected chi connectivity index (χ0v) is 25.8. The van der Waals surface area contributed by atoms with E-state index in [0.717, 1.165) is 27.4 Å². The van der Waals surface area contributed by atoms with Gasteiger partial charge in [-0.05, 0) is 81.4 Å². The van der Waals surface area contributed by atoms with Crippen LogP contribution in [-0.4, -0.2) is 16.7 Å². The summed E-state index contributed by atoms with van der Waals surface area (Å²) in [7, 11) is 0. The van der Waals surface area contributed by atoms with Gasteiger partial charge in [0.05, 0.1) is 11.0 Å². The van der Waals surface area contributed by atoms with Gasteiger partial charge in [-0.2, -0.15) is 0 Å². The summed E-state index contributed by atoms with van der Waals surface area (Å²) in [6.45, 7) is 4.68. The summed E-state index contributed by atoms with van der Waals surface area (Å²) in [6.07, 6.45) is 1.77. The molecule has 1 aliphatic carbocycles. The highest BCUT2D eigenvalue weighted by Crippen LogP contribution is 2.52. The molecule has 6 aromatic carbocycles. The van der Waals surface area contributed by atoms with E-state index in [4.69, 9.17) is 5.41 Å². The molecular weight excluding hydrogens is 567 g/mol. The number of benzene rings is 6. The van der Waals surface area contributed by atoms with Crippen molar-refractivity contribution in [2.75, 3.05) is 0 Å². The van der Waals surface area contributed by atoms with Gasteiger partial charge in [0, 0.05) is 42.6 Å². The van der Waals surface area contributed by atoms with Crippen LogP contribution in [0, 0.1) is 5.41 Å². The van der Waals surface area contributed by atoms with E-state index >= 15 is 0 Å². The molecule has 0 aliphatic heterocycles. The number of thiophene rings is 1. The van der Waals surface area contributed by atoms with Crippen molar-refractivity contribution < 1.29 is 0 Å². The summed E-state index contributed by atoms with van der Waals surface area (Å²) in [5.74, 6) is 0.203. The molecule has 0 spiro atoms. The van der Waals surface area contributed by atoms with Crippen LogP contribution in [0.25, 0.3) is 64.2 Å². The second-order valence-electron chi connectivity index (χ2n) is 12.5. The zero-order valence-electron chi connectivity index (χ0n) is 25.0. The first-order chi connectivity index (χ1) is 22.0. The molecule has 0 saturated carbocycles. The Kier molecular flexibility index (Phi) is 5.56. The average Bonchev–Trinajstić information content (AvgIpc) is 3.68. The van der Waals surface area contributed by atoms with Gasteiger partial charge in [-0.15, -0.1) is 11.3 Å². The maximum Gasteiger partial charge on any atom is 0.227 e. The van der Waals surface area contributed by atoms with Crippen LogP contribution in [0.2, 0.25) is 0 Å². The quantitative estimate of drug-likeness (QED) is 0.153. The molecule has 0 fully saturated rings. The van der Waals surface area contributed by atoms with Gasteiger partial charge in [-0.1, -0.05) is 98.8 Å². The number of rotatable bonds is 2. The van der Waals surface area contributed by atoms with Crippen LogP contribution in [0.15, 0.2) is 132 Å². The summed E-state index contributed by atoms with van der Waals surface area (Å²) < 4.78 is 4.65. The number of hydrogen-bond donors (Lipinski definition) is 1. The van der Waals surface area contributed by atoms with Gasteiger partial charge < -0.3 is 0 Å². The Bertz CT molecular complexity index is 2530. The van der Waals surface area contributed by atoms with E-state index < -0.39 is 0 Å². The molecule has 9 rings (SSSR count). The van der Waals surface area contributed by atoms with E-state index in [0.29, 0.717) is 0 Å². The highest BCUT2D eigenvalue weighted by molar-refractivity contribution is 7.25. The Labute approximate surface area is 265 Å². The van der Waals surface area contributed by atoms with E-state index in [1.807, 2.05) is 52.3 Å². The molecule has 0 radical (unpaired) electrons. The van der Waals surface area contributed by atoms with Crippen LogP contribution >= 0.6 is 11.3 Å². The summed E-state index contributed by atoms with van der Waals surface area (Å²) >= 11 is 1.86. The average molecular weight is 596 g/mol. The first kappa shape index (κ1) is 26.1. The minimum absolute atomic E-state index is 0.170. The lowest BCUT2D eigenvalue weighted by atomic mass is 9.81. The van der Waals surface area contributed by atoms with Crippen molar-refractivity contribution in [3.8, 4) is 22.3 Å². The van der Waals surface area contributed by atoms with Gasteiger partial charge in [0.25, 0.3) is 0 Å². The lowest BCUT2D eigenvalue weighted by molar-refractivity contribution is 0.661. The molecule has 2 aromatic heterocycles. The highest BCUT2D eigenvalue weighted by Gasteiger charge is 2.36. The van der Waals surface area contributed by atoms with Gasteiger partial charge in [0.2, 0.25) is 5.96 Å². The van der Waals surface area contributed by atoms with Crippen LogP contribution in [0.4, 0.5) is 0 Å². The standard InChI is InChI=1S/C41H29N3S/c1-41(2)34-21-27(26-17-19-39-33(20-26)30-13-7-9-15-38(30)45-39)16-18-28(34)31-23-37-32(22-35(31)41)29-12-6-8-14-36(29)44(37)40(42)43-24-25-10-4-3-5-11-25/h3-24,42H,1-2H3/b42-40?,43-24+. The number of aromatic nitrogens is 1. The Morgan fingerprint density at radius 3 is 2.18 bits per heavy atom. The van der Waals surface area contributed by atoms with Gasteiger partial charge >= 0.3 is 0 Å². The van der Waals surface area contributed by atoms with Crippen molar-refractivity contribution in [2.45, 2.75) is 19.3 Å². The number of para-hydroxylation sites is 1. The first-order valence-corrected chi connectivity index (χ1v) is 16.1. The normalized spacial score (nSPS) is 13.7. The third-order valence-corrected chi connectivity index (χ3v) is 10.7. The van der Waals surface area contributed by atoms with E-state index in [1.54, 1.807) is 6.21 Å². The molecular formula is C41H29N3S. The molecule has 3 nitrogen and oxygen atoms in total.